The Bertz CT molecular complexity index is 1460. The summed E-state index contributed by atoms with van der Waals surface area (Å²) < 4.78 is 59.7. The molecule has 4 heterocycles. The van der Waals surface area contributed by atoms with Crippen LogP contribution in [0.5, 0.6) is 0 Å². The maximum absolute atomic E-state index is 13.8. The van der Waals surface area contributed by atoms with Crippen LogP contribution in [0.25, 0.3) is 5.52 Å². The van der Waals surface area contributed by atoms with Crippen molar-refractivity contribution in [2.45, 2.75) is 96.4 Å². The summed E-state index contributed by atoms with van der Waals surface area (Å²) in [6, 6.07) is 4.29. The number of hydrogen-bond acceptors (Lipinski definition) is 15. The monoisotopic (exact) mass is 640 g/mol. The molecular weight excluding hydrogens is 603 g/mol. The molecule has 2 aromatic rings. The number of carbonyl (C=O) groups is 2. The number of hydrogen-bond donors (Lipinski definition) is 2. The summed E-state index contributed by atoms with van der Waals surface area (Å²) in [6.07, 6.45) is -3.66. The minimum Gasteiger partial charge on any atom is -0.462 e. The molecule has 242 valence electrons. The van der Waals surface area contributed by atoms with E-state index in [9.17, 15) is 19.4 Å². The quantitative estimate of drug-likeness (QED) is 0.193. The van der Waals surface area contributed by atoms with Gasteiger partial charge in [-0.15, -0.1) is 0 Å². The fraction of sp³-hybridized carbons (Fsp3) is 0.654. The van der Waals surface area contributed by atoms with Crippen molar-refractivity contribution in [1.82, 2.24) is 19.7 Å². The lowest BCUT2D eigenvalue weighted by Crippen LogP contribution is -2.40. The summed E-state index contributed by atoms with van der Waals surface area (Å²) in [6.45, 7) is 9.96. The molecule has 18 heteroatoms. The average molecular weight is 641 g/mol. The Morgan fingerprint density at radius 2 is 1.84 bits per heavy atom. The fourth-order valence-corrected chi connectivity index (χ4v) is 6.08. The number of ether oxygens (including phenoxy) is 6. The van der Waals surface area contributed by atoms with E-state index in [4.69, 9.17) is 43.2 Å². The first-order valence-electron chi connectivity index (χ1n) is 13.8. The van der Waals surface area contributed by atoms with Crippen LogP contribution in [0.15, 0.2) is 18.5 Å². The van der Waals surface area contributed by atoms with Crippen LogP contribution in [0.4, 0.5) is 10.6 Å². The number of nitrogens with one attached hydrogen (secondary N) is 1. The van der Waals surface area contributed by atoms with E-state index in [0.29, 0.717) is 11.2 Å². The van der Waals surface area contributed by atoms with Gasteiger partial charge < -0.3 is 34.2 Å². The second kappa shape index (κ2) is 12.9. The van der Waals surface area contributed by atoms with Crippen molar-refractivity contribution in [3.63, 3.8) is 0 Å². The van der Waals surface area contributed by atoms with Crippen molar-refractivity contribution >= 4 is 31.2 Å². The lowest BCUT2D eigenvalue weighted by atomic mass is 9.92. The van der Waals surface area contributed by atoms with Gasteiger partial charge in [0, 0.05) is 0 Å². The van der Waals surface area contributed by atoms with Crippen LogP contribution in [-0.2, 0) is 52.4 Å². The normalized spacial score (nSPS) is 26.2. The van der Waals surface area contributed by atoms with Gasteiger partial charge in [0.05, 0.1) is 24.5 Å². The first-order valence-corrected chi connectivity index (χ1v) is 15.4. The Morgan fingerprint density at radius 3 is 2.50 bits per heavy atom. The summed E-state index contributed by atoms with van der Waals surface area (Å²) in [4.78, 5) is 28.3. The van der Waals surface area contributed by atoms with Crippen molar-refractivity contribution < 1.29 is 51.6 Å². The number of anilines is 1. The molecule has 0 bridgehead atoms. The maximum Gasteiger partial charge on any atom is 0.510 e. The van der Waals surface area contributed by atoms with Gasteiger partial charge in [-0.25, -0.2) is 23.9 Å². The van der Waals surface area contributed by atoms with Crippen LogP contribution < -0.4 is 10.8 Å². The van der Waals surface area contributed by atoms with Gasteiger partial charge in [-0.05, 0) is 60.6 Å². The van der Waals surface area contributed by atoms with Crippen LogP contribution in [0.1, 0.15) is 54.2 Å². The smallest absolute Gasteiger partial charge is 0.462 e. The van der Waals surface area contributed by atoms with E-state index >= 15 is 0 Å². The topological polar surface area (TPSA) is 217 Å². The zero-order valence-electron chi connectivity index (χ0n) is 25.4. The molecule has 6 atom stereocenters. The van der Waals surface area contributed by atoms with Crippen LogP contribution in [0.3, 0.4) is 0 Å². The first kappa shape index (κ1) is 33.5. The average Bonchev–Trinajstić information content (AvgIpc) is 3.57. The number of nitrogens with two attached hydrogens (primary N) is 1. The number of fused-ring (bicyclic) bond motifs is 2. The molecule has 0 amide bonds. The number of esters is 1. The minimum absolute atomic E-state index is 0.187. The summed E-state index contributed by atoms with van der Waals surface area (Å²) in [5, 5.41) is 17.2. The van der Waals surface area contributed by atoms with Gasteiger partial charge in [-0.3, -0.25) is 13.8 Å². The summed E-state index contributed by atoms with van der Waals surface area (Å²) in [5.41, 5.74) is 4.97. The van der Waals surface area contributed by atoms with Crippen molar-refractivity contribution in [2.24, 2.45) is 0 Å². The highest BCUT2D eigenvalue weighted by molar-refractivity contribution is 7.51. The number of aromatic nitrogens is 3. The second-order valence-electron chi connectivity index (χ2n) is 11.1. The Balaban J connectivity index is 1.59. The molecule has 3 N–H and O–H groups in total. The first-order chi connectivity index (χ1) is 20.6. The van der Waals surface area contributed by atoms with E-state index in [0.717, 1.165) is 0 Å². The van der Waals surface area contributed by atoms with Crippen molar-refractivity contribution in [1.29, 1.82) is 5.26 Å². The van der Waals surface area contributed by atoms with E-state index in [2.05, 4.69) is 21.2 Å². The zero-order chi connectivity index (χ0) is 32.4. The molecule has 2 saturated heterocycles. The molecule has 0 aromatic carbocycles. The van der Waals surface area contributed by atoms with E-state index in [1.807, 2.05) is 0 Å². The molecule has 2 aliphatic heterocycles. The molecule has 0 spiro atoms. The number of nitrogen functional groups attached to an aromatic ring is 1. The second-order valence-corrected chi connectivity index (χ2v) is 12.9. The standard InChI is InChI=1S/C26H37N6O11P/c1-14(2)39-23(33)16(5)31-44(35,38-13-36-24(34)40-15(3)4)37-10-18-20-21(43-25(6,7)42-20)26(11-27,41-18)19-9-8-17-22(28)29-12-30-32(17)19/h8-9,12,14-16,18,20-21H,10,13H2,1-7H3,(H,31,35)(H2,28,29,30)/t16-,18+,20+,21+,26-,44?/m0/s1. The Labute approximate surface area is 253 Å². The molecule has 0 saturated carbocycles. The van der Waals surface area contributed by atoms with E-state index < -0.39 is 81.2 Å². The molecule has 2 aliphatic rings. The minimum atomic E-state index is -4.43. The third-order valence-corrected chi connectivity index (χ3v) is 8.10. The van der Waals surface area contributed by atoms with Crippen LogP contribution in [0, 0.1) is 11.3 Å². The van der Waals surface area contributed by atoms with Crippen molar-refractivity contribution in [2.75, 3.05) is 19.1 Å². The Hall–Kier alpha value is -3.36. The van der Waals surface area contributed by atoms with Gasteiger partial charge in [-0.1, -0.05) is 0 Å². The number of nitriles is 1. The van der Waals surface area contributed by atoms with E-state index in [-0.39, 0.29) is 5.82 Å². The summed E-state index contributed by atoms with van der Waals surface area (Å²) in [7, 11) is -4.43. The molecule has 0 radical (unpaired) electrons. The molecule has 4 rings (SSSR count). The third kappa shape index (κ3) is 7.13. The van der Waals surface area contributed by atoms with Gasteiger partial charge in [0.25, 0.3) is 0 Å². The van der Waals surface area contributed by atoms with Crippen molar-refractivity contribution in [3.05, 3.63) is 24.2 Å². The maximum atomic E-state index is 13.8. The molecule has 0 aliphatic carbocycles. The van der Waals surface area contributed by atoms with E-state index in [1.54, 1.807) is 53.7 Å². The third-order valence-electron chi connectivity index (χ3n) is 6.46. The molecule has 44 heavy (non-hydrogen) atoms. The van der Waals surface area contributed by atoms with Gasteiger partial charge >= 0.3 is 19.9 Å². The molecule has 2 fully saturated rings. The highest BCUT2D eigenvalue weighted by atomic mass is 31.2. The zero-order valence-corrected chi connectivity index (χ0v) is 26.3. The number of nitrogens with zero attached hydrogens (tertiary/aromatic N) is 4. The van der Waals surface area contributed by atoms with Gasteiger partial charge in [0.1, 0.15) is 42.3 Å². The fourth-order valence-electron chi connectivity index (χ4n) is 4.74. The summed E-state index contributed by atoms with van der Waals surface area (Å²) >= 11 is 0. The van der Waals surface area contributed by atoms with Crippen LogP contribution >= 0.6 is 7.75 Å². The SMILES string of the molecule is CC(C)OC(=O)OCOP(=O)(N[C@@H](C)C(=O)OC(C)C)OC[C@H]1O[C@@](C#N)(c2ccc3c(N)ncnn23)[C@@H]2OC(C)(C)O[C@@H]21. The highest BCUT2D eigenvalue weighted by Gasteiger charge is 2.65. The van der Waals surface area contributed by atoms with Crippen LogP contribution in [0.2, 0.25) is 0 Å². The molecule has 1 unspecified atom stereocenters. The largest absolute Gasteiger partial charge is 0.510 e. The van der Waals surface area contributed by atoms with Crippen molar-refractivity contribution in [3.8, 4) is 6.07 Å². The van der Waals surface area contributed by atoms with Gasteiger partial charge in [0.15, 0.2) is 11.6 Å². The molecule has 2 aromatic heterocycles. The Kier molecular flexibility index (Phi) is 9.86. The van der Waals surface area contributed by atoms with Crippen LogP contribution in [-0.4, -0.2) is 82.5 Å². The highest BCUT2D eigenvalue weighted by Crippen LogP contribution is 2.51. The van der Waals surface area contributed by atoms with Gasteiger partial charge in [0.2, 0.25) is 12.4 Å². The van der Waals surface area contributed by atoms with E-state index in [1.165, 1.54) is 17.8 Å². The predicted octanol–water partition coefficient (Wildman–Crippen LogP) is 2.54. The number of rotatable bonds is 12. The lowest BCUT2D eigenvalue weighted by molar-refractivity contribution is -0.204. The number of carbonyl (C=O) groups excluding carboxylic acids is 2. The lowest BCUT2D eigenvalue weighted by Gasteiger charge is -2.29. The summed E-state index contributed by atoms with van der Waals surface area (Å²) in [5.74, 6) is -1.67. The molecular formula is C26H37N6O11P. The predicted molar refractivity (Wildman–Crippen MR) is 149 cm³/mol. The van der Waals surface area contributed by atoms with Gasteiger partial charge in [-0.2, -0.15) is 10.4 Å². The molecule has 17 nitrogen and oxygen atoms in total. The Morgan fingerprint density at radius 1 is 1.14 bits per heavy atom.